The van der Waals surface area contributed by atoms with Gasteiger partial charge >= 0.3 is 0 Å². The zero-order chi connectivity index (χ0) is 14.7. The number of amides is 1. The van der Waals surface area contributed by atoms with E-state index in [1.165, 1.54) is 31.3 Å². The summed E-state index contributed by atoms with van der Waals surface area (Å²) >= 11 is 0. The molecule has 1 N–H and O–H groups in total. The first-order valence-electron chi connectivity index (χ1n) is 5.63. The average Bonchev–Trinajstić information content (AvgIpc) is 2.43. The van der Waals surface area contributed by atoms with Crippen molar-refractivity contribution >= 4 is 23.1 Å². The third kappa shape index (κ3) is 2.72. The fraction of sp³-hybridized carbons (Fsp3) is 0.0769. The van der Waals surface area contributed by atoms with E-state index in [4.69, 9.17) is 0 Å². The third-order valence-electron chi connectivity index (χ3n) is 2.57. The molecule has 20 heavy (non-hydrogen) atoms. The lowest BCUT2D eigenvalue weighted by atomic mass is 10.2. The number of hydrogen-bond acceptors (Lipinski definition) is 4. The zero-order valence-corrected chi connectivity index (χ0v) is 10.4. The van der Waals surface area contributed by atoms with Gasteiger partial charge in [-0.3, -0.25) is 9.69 Å². The molecule has 0 bridgehead atoms. The second kappa shape index (κ2) is 5.62. The molecule has 0 aliphatic carbocycles. The first-order valence-corrected chi connectivity index (χ1v) is 5.63. The van der Waals surface area contributed by atoms with Gasteiger partial charge < -0.3 is 10.7 Å². The zero-order valence-electron chi connectivity index (χ0n) is 10.4. The number of rotatable bonds is 3. The standard InChI is InChI=1S/C13H10F2N3O2/c1-8(19)18(10-2-3-11(14)12(15)7-10)13-6-9(17-20)4-5-16-13/h2-7H,1H3,(H-,16,17,20)/q-1. The molecule has 0 saturated carbocycles. The van der Waals surface area contributed by atoms with Crippen molar-refractivity contribution in [1.29, 1.82) is 0 Å². The van der Waals surface area contributed by atoms with E-state index in [1.807, 2.05) is 0 Å². The van der Waals surface area contributed by atoms with Gasteiger partial charge in [0.1, 0.15) is 5.82 Å². The van der Waals surface area contributed by atoms with Gasteiger partial charge in [-0.2, -0.15) is 0 Å². The molecule has 2 aromatic rings. The molecule has 0 spiro atoms. The molecule has 0 saturated heterocycles. The van der Waals surface area contributed by atoms with Crippen molar-refractivity contribution < 1.29 is 13.6 Å². The lowest BCUT2D eigenvalue weighted by Crippen LogP contribution is -2.24. The van der Waals surface area contributed by atoms with E-state index in [0.717, 1.165) is 17.0 Å². The molecule has 7 heteroatoms. The van der Waals surface area contributed by atoms with Gasteiger partial charge in [0.15, 0.2) is 11.6 Å². The van der Waals surface area contributed by atoms with Gasteiger partial charge in [-0.05, 0) is 18.2 Å². The Morgan fingerprint density at radius 2 is 2.00 bits per heavy atom. The molecule has 1 amide bonds. The van der Waals surface area contributed by atoms with Crippen LogP contribution in [-0.2, 0) is 4.79 Å². The van der Waals surface area contributed by atoms with Crippen LogP contribution in [0.25, 0.3) is 0 Å². The monoisotopic (exact) mass is 278 g/mol. The maximum Gasteiger partial charge on any atom is 0.229 e. The third-order valence-corrected chi connectivity index (χ3v) is 2.57. The van der Waals surface area contributed by atoms with Crippen molar-refractivity contribution in [2.75, 3.05) is 10.4 Å². The Labute approximate surface area is 113 Å². The molecule has 1 aromatic carbocycles. The van der Waals surface area contributed by atoms with Gasteiger partial charge in [-0.1, -0.05) is 0 Å². The van der Waals surface area contributed by atoms with E-state index in [1.54, 1.807) is 5.48 Å². The quantitative estimate of drug-likeness (QED) is 0.876. The van der Waals surface area contributed by atoms with Gasteiger partial charge in [-0.15, -0.1) is 0 Å². The Morgan fingerprint density at radius 1 is 1.25 bits per heavy atom. The first kappa shape index (κ1) is 13.9. The highest BCUT2D eigenvalue weighted by atomic mass is 19.2. The van der Waals surface area contributed by atoms with Crippen molar-refractivity contribution in [3.05, 3.63) is 53.4 Å². The highest BCUT2D eigenvalue weighted by Crippen LogP contribution is 2.27. The summed E-state index contributed by atoms with van der Waals surface area (Å²) in [6, 6.07) is 5.79. The molecule has 5 nitrogen and oxygen atoms in total. The molecular formula is C13H10F2N3O2-. The van der Waals surface area contributed by atoms with Crippen molar-refractivity contribution in [2.45, 2.75) is 6.92 Å². The number of pyridine rings is 1. The molecule has 0 aliphatic rings. The van der Waals surface area contributed by atoms with Crippen LogP contribution in [0, 0.1) is 16.8 Å². The summed E-state index contributed by atoms with van der Waals surface area (Å²) in [5, 5.41) is 10.6. The van der Waals surface area contributed by atoms with Crippen LogP contribution in [0.2, 0.25) is 0 Å². The summed E-state index contributed by atoms with van der Waals surface area (Å²) in [5.74, 6) is -2.41. The Hall–Kier alpha value is -2.54. The molecule has 2 rings (SSSR count). The second-order valence-electron chi connectivity index (χ2n) is 3.96. The summed E-state index contributed by atoms with van der Waals surface area (Å²) < 4.78 is 26.2. The minimum atomic E-state index is -1.08. The largest absolute Gasteiger partial charge is 0.761 e. The Kier molecular flexibility index (Phi) is 3.90. The van der Waals surface area contributed by atoms with E-state index < -0.39 is 17.5 Å². The van der Waals surface area contributed by atoms with Crippen LogP contribution in [0.1, 0.15) is 6.92 Å². The van der Waals surface area contributed by atoms with Crippen LogP contribution < -0.4 is 10.4 Å². The average molecular weight is 278 g/mol. The molecule has 104 valence electrons. The highest BCUT2D eigenvalue weighted by molar-refractivity contribution is 5.98. The van der Waals surface area contributed by atoms with Crippen molar-refractivity contribution in [3.8, 4) is 0 Å². The molecule has 0 fully saturated rings. The van der Waals surface area contributed by atoms with Crippen LogP contribution >= 0.6 is 0 Å². The minimum Gasteiger partial charge on any atom is -0.761 e. The Balaban J connectivity index is 2.50. The van der Waals surface area contributed by atoms with E-state index in [9.17, 15) is 18.8 Å². The summed E-state index contributed by atoms with van der Waals surface area (Å²) in [5.41, 5.74) is 1.99. The molecule has 1 heterocycles. The lowest BCUT2D eigenvalue weighted by molar-refractivity contribution is -0.115. The SMILES string of the molecule is CC(=O)N(c1ccc(F)c(F)c1)c1cc(N[O-])ccn1. The number of carbonyl (C=O) groups is 1. The van der Waals surface area contributed by atoms with E-state index in [0.29, 0.717) is 0 Å². The van der Waals surface area contributed by atoms with E-state index in [2.05, 4.69) is 4.98 Å². The van der Waals surface area contributed by atoms with Gasteiger partial charge in [-0.25, -0.2) is 13.8 Å². The second-order valence-corrected chi connectivity index (χ2v) is 3.96. The molecule has 0 radical (unpaired) electrons. The number of halogens is 2. The summed E-state index contributed by atoms with van der Waals surface area (Å²) in [6.07, 6.45) is 1.32. The highest BCUT2D eigenvalue weighted by Gasteiger charge is 2.17. The van der Waals surface area contributed by atoms with Crippen molar-refractivity contribution in [3.63, 3.8) is 0 Å². The summed E-state index contributed by atoms with van der Waals surface area (Å²) in [4.78, 5) is 16.7. The minimum absolute atomic E-state index is 0.118. The van der Waals surface area contributed by atoms with Crippen LogP contribution in [0.3, 0.4) is 0 Å². The maximum absolute atomic E-state index is 13.3. The molecule has 1 aromatic heterocycles. The van der Waals surface area contributed by atoms with Crippen molar-refractivity contribution in [2.24, 2.45) is 0 Å². The molecule has 0 aliphatic heterocycles. The van der Waals surface area contributed by atoms with Crippen LogP contribution in [0.4, 0.5) is 26.0 Å². The number of hydrogen-bond donors (Lipinski definition) is 1. The van der Waals surface area contributed by atoms with Gasteiger partial charge in [0.2, 0.25) is 5.91 Å². The Bertz CT molecular complexity index is 649. The number of benzene rings is 1. The fourth-order valence-corrected chi connectivity index (χ4v) is 1.70. The fourth-order valence-electron chi connectivity index (χ4n) is 1.70. The van der Waals surface area contributed by atoms with Crippen LogP contribution in [-0.4, -0.2) is 10.9 Å². The number of carbonyl (C=O) groups excluding carboxylic acids is 1. The maximum atomic E-state index is 13.3. The topological polar surface area (TPSA) is 68.3 Å². The number of nitrogens with zero attached hydrogens (tertiary/aromatic N) is 2. The normalized spacial score (nSPS) is 10.2. The summed E-state index contributed by atoms with van der Waals surface area (Å²) in [7, 11) is 0. The van der Waals surface area contributed by atoms with Crippen LogP contribution in [0.5, 0.6) is 0 Å². The molecular weight excluding hydrogens is 268 g/mol. The van der Waals surface area contributed by atoms with Crippen molar-refractivity contribution in [1.82, 2.24) is 4.98 Å². The number of aromatic nitrogens is 1. The van der Waals surface area contributed by atoms with Crippen LogP contribution in [0.15, 0.2) is 36.5 Å². The number of anilines is 3. The lowest BCUT2D eigenvalue weighted by Gasteiger charge is -2.21. The predicted octanol–water partition coefficient (Wildman–Crippen LogP) is 2.95. The van der Waals surface area contributed by atoms with E-state index in [-0.39, 0.29) is 17.2 Å². The van der Waals surface area contributed by atoms with E-state index >= 15 is 0 Å². The van der Waals surface area contributed by atoms with Gasteiger partial charge in [0.25, 0.3) is 0 Å². The first-order chi connectivity index (χ1) is 9.52. The van der Waals surface area contributed by atoms with Gasteiger partial charge in [0.05, 0.1) is 5.69 Å². The number of nitrogens with one attached hydrogen (secondary N) is 1. The summed E-state index contributed by atoms with van der Waals surface area (Å²) in [6.45, 7) is 1.25. The molecule has 0 atom stereocenters. The smallest absolute Gasteiger partial charge is 0.229 e. The van der Waals surface area contributed by atoms with Gasteiger partial charge in [0, 0.05) is 30.9 Å². The predicted molar refractivity (Wildman–Crippen MR) is 70.4 cm³/mol. The molecule has 0 unspecified atom stereocenters. The Morgan fingerprint density at radius 3 is 2.60 bits per heavy atom.